The van der Waals surface area contributed by atoms with Crippen LogP contribution >= 0.6 is 0 Å². The minimum atomic E-state index is -4.83. The molecule has 0 aromatic carbocycles. The summed E-state index contributed by atoms with van der Waals surface area (Å²) in [6.45, 7) is 0.144. The molecule has 0 N–H and O–H groups in total. The predicted octanol–water partition coefficient (Wildman–Crippen LogP) is 1.87. The van der Waals surface area contributed by atoms with Gasteiger partial charge >= 0.3 is 6.18 Å². The van der Waals surface area contributed by atoms with Gasteiger partial charge in [-0.25, -0.2) is 0 Å². The van der Waals surface area contributed by atoms with Gasteiger partial charge in [0.2, 0.25) is 0 Å². The van der Waals surface area contributed by atoms with Gasteiger partial charge in [0.15, 0.2) is 0 Å². The van der Waals surface area contributed by atoms with Gasteiger partial charge in [0, 0.05) is 18.0 Å². The first kappa shape index (κ1) is 10.4. The summed E-state index contributed by atoms with van der Waals surface area (Å²) in [6, 6.07) is 1.09. The largest absolute Gasteiger partial charge is 0.454 e. The van der Waals surface area contributed by atoms with Gasteiger partial charge in [-0.05, 0) is 6.07 Å². The molecule has 0 fully saturated rings. The van der Waals surface area contributed by atoms with Crippen molar-refractivity contribution in [1.29, 1.82) is 0 Å². The van der Waals surface area contributed by atoms with E-state index in [1.54, 1.807) is 0 Å². The van der Waals surface area contributed by atoms with Crippen molar-refractivity contribution in [2.45, 2.75) is 12.7 Å². The molecule has 14 heavy (non-hydrogen) atoms. The maximum absolute atomic E-state index is 11.9. The van der Waals surface area contributed by atoms with Crippen LogP contribution in [0.3, 0.4) is 0 Å². The third-order valence-electron chi connectivity index (χ3n) is 1.54. The summed E-state index contributed by atoms with van der Waals surface area (Å²) in [4.78, 5) is 10.7. The van der Waals surface area contributed by atoms with Gasteiger partial charge in [-0.15, -0.1) is 6.42 Å². The van der Waals surface area contributed by atoms with E-state index in [0.717, 1.165) is 12.3 Å². The molecule has 0 bridgehead atoms. The summed E-state index contributed by atoms with van der Waals surface area (Å²) in [5.74, 6) is 0.392. The molecule has 74 valence electrons. The Morgan fingerprint density at radius 3 is 2.71 bits per heavy atom. The van der Waals surface area contributed by atoms with Crippen LogP contribution in [0.4, 0.5) is 13.2 Å². The fraction of sp³-hybridized carbons (Fsp3) is 0.222. The Bertz CT molecular complexity index is 383. The molecular formula is C9H6F3NO. The molecule has 2 nitrogen and oxygen atoms in total. The summed E-state index contributed by atoms with van der Waals surface area (Å²) < 4.78 is 37.1. The molecule has 1 rings (SSSR count). The highest BCUT2D eigenvalue weighted by atomic mass is 19.4. The molecular weight excluding hydrogens is 195 g/mol. The predicted molar refractivity (Wildman–Crippen MR) is 43.7 cm³/mol. The number of hydrogen-bond donors (Lipinski definition) is 0. The SMILES string of the molecule is C#CCn1ccc(C(=O)C(F)(F)F)c1. The van der Waals surface area contributed by atoms with Crippen LogP contribution in [0.15, 0.2) is 18.5 Å². The molecule has 5 heteroatoms. The lowest BCUT2D eigenvalue weighted by Gasteiger charge is -2.01. The number of ketones is 1. The normalized spacial score (nSPS) is 11.0. The Labute approximate surface area is 78.3 Å². The number of rotatable bonds is 2. The van der Waals surface area contributed by atoms with Crippen molar-refractivity contribution in [3.05, 3.63) is 24.0 Å². The molecule has 0 radical (unpaired) electrons. The monoisotopic (exact) mass is 201 g/mol. The Kier molecular flexibility index (Phi) is 2.65. The summed E-state index contributed by atoms with van der Waals surface area (Å²) >= 11 is 0. The van der Waals surface area contributed by atoms with Gasteiger partial charge in [0.25, 0.3) is 5.78 Å². The van der Waals surface area contributed by atoms with Crippen LogP contribution in [-0.2, 0) is 6.54 Å². The smallest absolute Gasteiger partial charge is 0.342 e. The Balaban J connectivity index is 2.88. The third kappa shape index (κ3) is 2.16. The van der Waals surface area contributed by atoms with Gasteiger partial charge in [-0.1, -0.05) is 5.92 Å². The second kappa shape index (κ2) is 3.58. The average molecular weight is 201 g/mol. The molecule has 0 unspecified atom stereocenters. The van der Waals surface area contributed by atoms with E-state index in [9.17, 15) is 18.0 Å². The van der Waals surface area contributed by atoms with Crippen LogP contribution in [0.25, 0.3) is 0 Å². The highest BCUT2D eigenvalue weighted by molar-refractivity contribution is 6.00. The zero-order valence-corrected chi connectivity index (χ0v) is 7.01. The van der Waals surface area contributed by atoms with Gasteiger partial charge in [-0.2, -0.15) is 13.2 Å². The van der Waals surface area contributed by atoms with E-state index in [1.165, 1.54) is 10.8 Å². The van der Waals surface area contributed by atoms with E-state index < -0.39 is 17.5 Å². The van der Waals surface area contributed by atoms with Crippen molar-refractivity contribution >= 4 is 5.78 Å². The number of terminal acetylenes is 1. The van der Waals surface area contributed by atoms with E-state index in [-0.39, 0.29) is 6.54 Å². The summed E-state index contributed by atoms with van der Waals surface area (Å²) in [7, 11) is 0. The number of aromatic nitrogens is 1. The van der Waals surface area contributed by atoms with Gasteiger partial charge in [0.05, 0.1) is 6.54 Å². The molecule has 1 aromatic rings. The van der Waals surface area contributed by atoms with Gasteiger partial charge in [-0.3, -0.25) is 4.79 Å². The van der Waals surface area contributed by atoms with Crippen LogP contribution in [0, 0.1) is 12.3 Å². The summed E-state index contributed by atoms with van der Waals surface area (Å²) in [6.07, 6.45) is 2.53. The van der Waals surface area contributed by atoms with Crippen molar-refractivity contribution in [3.8, 4) is 12.3 Å². The number of alkyl halides is 3. The van der Waals surface area contributed by atoms with Crippen LogP contribution < -0.4 is 0 Å². The number of hydrogen-bond acceptors (Lipinski definition) is 1. The van der Waals surface area contributed by atoms with E-state index in [0.29, 0.717) is 0 Å². The lowest BCUT2D eigenvalue weighted by atomic mass is 10.2. The summed E-state index contributed by atoms with van der Waals surface area (Å²) in [5, 5.41) is 0. The second-order valence-corrected chi connectivity index (χ2v) is 2.60. The third-order valence-corrected chi connectivity index (χ3v) is 1.54. The number of Topliss-reactive ketones (excluding diaryl/α,β-unsaturated/α-hetero) is 1. The highest BCUT2D eigenvalue weighted by Gasteiger charge is 2.39. The van der Waals surface area contributed by atoms with Gasteiger partial charge < -0.3 is 4.57 Å². The molecule has 0 amide bonds. The topological polar surface area (TPSA) is 22.0 Å². The molecule has 0 aliphatic heterocycles. The molecule has 0 atom stereocenters. The zero-order chi connectivity index (χ0) is 10.8. The minimum absolute atomic E-state index is 0.144. The van der Waals surface area contributed by atoms with Crippen molar-refractivity contribution in [1.82, 2.24) is 4.57 Å². The fourth-order valence-corrected chi connectivity index (χ4v) is 0.942. The maximum atomic E-state index is 11.9. The Morgan fingerprint density at radius 1 is 1.57 bits per heavy atom. The second-order valence-electron chi connectivity index (χ2n) is 2.60. The van der Waals surface area contributed by atoms with Crippen molar-refractivity contribution in [2.75, 3.05) is 0 Å². The first-order valence-corrected chi connectivity index (χ1v) is 3.66. The molecule has 1 heterocycles. The number of nitrogens with zero attached hydrogens (tertiary/aromatic N) is 1. The molecule has 0 saturated carbocycles. The van der Waals surface area contributed by atoms with Crippen LogP contribution in [0.5, 0.6) is 0 Å². The lowest BCUT2D eigenvalue weighted by Crippen LogP contribution is -2.22. The standard InChI is InChI=1S/C9H6F3NO/c1-2-4-13-5-3-7(6-13)8(14)9(10,11)12/h1,3,5-6H,4H2. The first-order chi connectivity index (χ1) is 6.45. The molecule has 0 saturated heterocycles. The Hall–Kier alpha value is -1.70. The molecule has 1 aromatic heterocycles. The highest BCUT2D eigenvalue weighted by Crippen LogP contribution is 2.21. The number of carbonyl (C=O) groups is 1. The summed E-state index contributed by atoms with van der Waals surface area (Å²) in [5.41, 5.74) is -0.396. The quantitative estimate of drug-likeness (QED) is 0.528. The minimum Gasteiger partial charge on any atom is -0.342 e. The molecule has 0 spiro atoms. The average Bonchev–Trinajstić information content (AvgIpc) is 2.50. The van der Waals surface area contributed by atoms with Crippen LogP contribution in [0.2, 0.25) is 0 Å². The first-order valence-electron chi connectivity index (χ1n) is 3.66. The van der Waals surface area contributed by atoms with E-state index in [1.807, 2.05) is 0 Å². The number of halogens is 3. The van der Waals surface area contributed by atoms with Crippen molar-refractivity contribution in [3.63, 3.8) is 0 Å². The number of carbonyl (C=O) groups excluding carboxylic acids is 1. The van der Waals surface area contributed by atoms with E-state index in [4.69, 9.17) is 6.42 Å². The van der Waals surface area contributed by atoms with Gasteiger partial charge in [0.1, 0.15) is 0 Å². The van der Waals surface area contributed by atoms with Crippen molar-refractivity contribution < 1.29 is 18.0 Å². The lowest BCUT2D eigenvalue weighted by molar-refractivity contribution is -0.0885. The fourth-order valence-electron chi connectivity index (χ4n) is 0.942. The molecule has 0 aliphatic rings. The van der Waals surface area contributed by atoms with Crippen LogP contribution in [0.1, 0.15) is 10.4 Å². The van der Waals surface area contributed by atoms with E-state index in [2.05, 4.69) is 5.92 Å². The van der Waals surface area contributed by atoms with Crippen LogP contribution in [-0.4, -0.2) is 16.5 Å². The Morgan fingerprint density at radius 2 is 2.21 bits per heavy atom. The van der Waals surface area contributed by atoms with Crippen molar-refractivity contribution in [2.24, 2.45) is 0 Å². The van der Waals surface area contributed by atoms with E-state index >= 15 is 0 Å². The zero-order valence-electron chi connectivity index (χ0n) is 7.01. The maximum Gasteiger partial charge on any atom is 0.454 e. The molecule has 0 aliphatic carbocycles.